The van der Waals surface area contributed by atoms with Crippen molar-refractivity contribution in [2.75, 3.05) is 4.90 Å². The monoisotopic (exact) mass is 542 g/mol. The molecule has 1 atom stereocenters. The number of benzene rings is 3. The van der Waals surface area contributed by atoms with Crippen molar-refractivity contribution in [3.63, 3.8) is 0 Å². The van der Waals surface area contributed by atoms with Crippen LogP contribution in [0.2, 0.25) is 0 Å². The molecule has 0 saturated heterocycles. The predicted octanol–water partition coefficient (Wildman–Crippen LogP) is 7.06. The first-order valence-corrected chi connectivity index (χ1v) is 14.5. The Bertz CT molecular complexity index is 1580. The fourth-order valence-electron chi connectivity index (χ4n) is 4.34. The number of hydrogen-bond acceptors (Lipinski definition) is 8. The lowest BCUT2D eigenvalue weighted by atomic mass is 9.98. The molecular weight excluding hydrogens is 521 g/mol. The summed E-state index contributed by atoms with van der Waals surface area (Å²) in [4.78, 5) is 19.9. The van der Waals surface area contributed by atoms with Gasteiger partial charge in [0.2, 0.25) is 5.13 Å². The number of fused-ring (bicyclic) bond motifs is 1. The summed E-state index contributed by atoms with van der Waals surface area (Å²) < 4.78 is 1.76. The third kappa shape index (κ3) is 4.54. The lowest BCUT2D eigenvalue weighted by Crippen LogP contribution is -2.30. The maximum absolute atomic E-state index is 13.5. The van der Waals surface area contributed by atoms with Crippen LogP contribution in [0.25, 0.3) is 15.8 Å². The van der Waals surface area contributed by atoms with Crippen LogP contribution in [0.15, 0.2) is 89.0 Å². The van der Waals surface area contributed by atoms with E-state index < -0.39 is 11.9 Å². The number of anilines is 1. The molecule has 0 unspecified atom stereocenters. The molecule has 0 fully saturated rings. The Hall–Kier alpha value is -3.53. The Morgan fingerprint density at radius 2 is 1.68 bits per heavy atom. The topological polar surface area (TPSA) is 79.2 Å². The fraction of sp³-hybridized carbons (Fsp3) is 0.143. The maximum Gasteiger partial charge on any atom is 0.296 e. The zero-order valence-electron chi connectivity index (χ0n) is 19.9. The van der Waals surface area contributed by atoms with Gasteiger partial charge in [-0.05, 0) is 35.2 Å². The number of rotatable bonds is 7. The van der Waals surface area contributed by atoms with E-state index in [1.807, 2.05) is 54.6 Å². The van der Waals surface area contributed by atoms with E-state index in [1.54, 1.807) is 16.7 Å². The average Bonchev–Trinajstić information content (AvgIpc) is 3.64. The Balaban J connectivity index is 1.39. The van der Waals surface area contributed by atoms with Crippen LogP contribution >= 0.6 is 34.4 Å². The van der Waals surface area contributed by atoms with E-state index in [4.69, 9.17) is 4.98 Å². The van der Waals surface area contributed by atoms with Crippen LogP contribution < -0.4 is 4.90 Å². The van der Waals surface area contributed by atoms with Gasteiger partial charge in [-0.15, -0.1) is 21.5 Å². The van der Waals surface area contributed by atoms with Crippen molar-refractivity contribution in [2.45, 2.75) is 29.5 Å². The molecule has 3 aromatic carbocycles. The van der Waals surface area contributed by atoms with Crippen LogP contribution in [0.5, 0.6) is 0 Å². The van der Waals surface area contributed by atoms with Gasteiger partial charge >= 0.3 is 0 Å². The average molecular weight is 543 g/mol. The zero-order valence-corrected chi connectivity index (χ0v) is 22.3. The largest absolute Gasteiger partial charge is 0.503 e. The second-order valence-electron chi connectivity index (χ2n) is 8.55. The number of carbonyl (C=O) groups excluding carboxylic acids is 1. The molecule has 0 aliphatic carbocycles. The quantitative estimate of drug-likeness (QED) is 0.175. The third-order valence-corrected chi connectivity index (χ3v) is 9.44. The minimum atomic E-state index is -0.557. The smallest absolute Gasteiger partial charge is 0.296 e. The molecule has 1 N–H and O–H groups in total. The van der Waals surface area contributed by atoms with Gasteiger partial charge in [0.15, 0.2) is 10.1 Å². The number of thioether (sulfide) groups is 1. The van der Waals surface area contributed by atoms with E-state index in [1.165, 1.54) is 33.8 Å². The molecular formula is C28H22N4O2S3. The number of para-hydroxylation sites is 1. The summed E-state index contributed by atoms with van der Waals surface area (Å²) in [6, 6.07) is 25.6. The molecule has 0 spiro atoms. The van der Waals surface area contributed by atoms with Crippen molar-refractivity contribution >= 4 is 61.3 Å². The van der Waals surface area contributed by atoms with Gasteiger partial charge in [-0.2, -0.15) is 0 Å². The summed E-state index contributed by atoms with van der Waals surface area (Å²) in [6.07, 6.45) is 0.914. The minimum Gasteiger partial charge on any atom is -0.503 e. The van der Waals surface area contributed by atoms with Crippen molar-refractivity contribution in [2.24, 2.45) is 0 Å². The van der Waals surface area contributed by atoms with E-state index in [9.17, 15) is 9.90 Å². The van der Waals surface area contributed by atoms with Gasteiger partial charge < -0.3 is 5.11 Å². The molecule has 2 aromatic heterocycles. The van der Waals surface area contributed by atoms with Gasteiger partial charge in [0.05, 0.1) is 21.8 Å². The predicted molar refractivity (Wildman–Crippen MR) is 151 cm³/mol. The molecule has 9 heteroatoms. The van der Waals surface area contributed by atoms with Gasteiger partial charge in [-0.25, -0.2) is 4.98 Å². The first-order chi connectivity index (χ1) is 18.1. The Morgan fingerprint density at radius 1 is 0.919 bits per heavy atom. The number of hydrogen-bond donors (Lipinski definition) is 1. The van der Waals surface area contributed by atoms with Gasteiger partial charge in [0, 0.05) is 5.75 Å². The number of nitrogens with zero attached hydrogens (tertiary/aromatic N) is 4. The Kier molecular flexibility index (Phi) is 6.50. The lowest BCUT2D eigenvalue weighted by molar-refractivity contribution is -0.117. The summed E-state index contributed by atoms with van der Waals surface area (Å²) >= 11 is 4.40. The number of aliphatic hydroxyl groups excluding tert-OH is 1. The third-order valence-electron chi connectivity index (χ3n) is 6.24. The van der Waals surface area contributed by atoms with Gasteiger partial charge in [-0.1, -0.05) is 96.8 Å². The van der Waals surface area contributed by atoms with Crippen LogP contribution in [0.1, 0.15) is 34.7 Å². The molecule has 3 heterocycles. The SMILES string of the molecule is CCc1ccc([C@H]2C(c3nc4ccccc4s3)=C(O)C(=O)N2c2nnc(SCc3ccccc3)s2)cc1. The van der Waals surface area contributed by atoms with Crippen LogP contribution in [0.3, 0.4) is 0 Å². The molecule has 184 valence electrons. The van der Waals surface area contributed by atoms with Gasteiger partial charge in [-0.3, -0.25) is 9.69 Å². The van der Waals surface area contributed by atoms with Crippen LogP contribution in [-0.2, 0) is 17.0 Å². The number of aromatic nitrogens is 3. The van der Waals surface area contributed by atoms with Crippen LogP contribution in [0, 0.1) is 0 Å². The highest BCUT2D eigenvalue weighted by atomic mass is 32.2. The van der Waals surface area contributed by atoms with E-state index in [-0.39, 0.29) is 5.76 Å². The number of aryl methyl sites for hydroxylation is 1. The first kappa shape index (κ1) is 23.8. The van der Waals surface area contributed by atoms with Crippen LogP contribution in [0.4, 0.5) is 5.13 Å². The number of aliphatic hydroxyl groups is 1. The molecule has 0 radical (unpaired) electrons. The van der Waals surface area contributed by atoms with Crippen molar-refractivity contribution in [1.29, 1.82) is 0 Å². The molecule has 1 aliphatic rings. The summed E-state index contributed by atoms with van der Waals surface area (Å²) in [6.45, 7) is 2.11. The summed E-state index contributed by atoms with van der Waals surface area (Å²) in [5.74, 6) is -0.0295. The molecule has 1 aliphatic heterocycles. The highest BCUT2D eigenvalue weighted by Crippen LogP contribution is 2.48. The molecule has 0 saturated carbocycles. The van der Waals surface area contributed by atoms with Crippen molar-refractivity contribution in [3.05, 3.63) is 106 Å². The Morgan fingerprint density at radius 3 is 2.43 bits per heavy atom. The Labute approximate surface area is 226 Å². The van der Waals surface area contributed by atoms with Gasteiger partial charge in [0.25, 0.3) is 5.91 Å². The summed E-state index contributed by atoms with van der Waals surface area (Å²) in [5.41, 5.74) is 4.61. The van der Waals surface area contributed by atoms with Crippen molar-refractivity contribution in [1.82, 2.24) is 15.2 Å². The van der Waals surface area contributed by atoms with Gasteiger partial charge in [0.1, 0.15) is 5.01 Å². The number of carbonyl (C=O) groups is 1. The number of amides is 1. The second kappa shape index (κ2) is 10.1. The maximum atomic E-state index is 13.5. The summed E-state index contributed by atoms with van der Waals surface area (Å²) in [5, 5.41) is 21.0. The molecule has 37 heavy (non-hydrogen) atoms. The second-order valence-corrected chi connectivity index (χ2v) is 11.8. The number of thiazole rings is 1. The normalized spacial score (nSPS) is 15.8. The van der Waals surface area contributed by atoms with E-state index >= 15 is 0 Å². The zero-order chi connectivity index (χ0) is 25.4. The van der Waals surface area contributed by atoms with Crippen LogP contribution in [-0.4, -0.2) is 26.2 Å². The standard InChI is InChI=1S/C28H22N4O2S3/c1-2-17-12-14-19(15-13-17)23-22(25-29-20-10-6-7-11-21(20)36-25)24(33)26(34)32(23)27-30-31-28(37-27)35-16-18-8-4-3-5-9-18/h3-15,23,33H,2,16H2,1H3/t23-/m0/s1. The lowest BCUT2D eigenvalue weighted by Gasteiger charge is -2.24. The van der Waals surface area contributed by atoms with E-state index in [2.05, 4.69) is 41.4 Å². The fourth-order valence-corrected chi connectivity index (χ4v) is 7.20. The summed E-state index contributed by atoms with van der Waals surface area (Å²) in [7, 11) is 0. The van der Waals surface area contributed by atoms with E-state index in [0.29, 0.717) is 15.7 Å². The van der Waals surface area contributed by atoms with Crippen molar-refractivity contribution < 1.29 is 9.90 Å². The molecule has 1 amide bonds. The van der Waals surface area contributed by atoms with E-state index in [0.717, 1.165) is 32.3 Å². The molecule has 6 nitrogen and oxygen atoms in total. The molecule has 5 aromatic rings. The highest BCUT2D eigenvalue weighted by molar-refractivity contribution is 8.00. The molecule has 0 bridgehead atoms. The highest BCUT2D eigenvalue weighted by Gasteiger charge is 2.44. The van der Waals surface area contributed by atoms with Crippen molar-refractivity contribution in [3.8, 4) is 0 Å². The molecule has 6 rings (SSSR count). The minimum absolute atomic E-state index is 0.294. The first-order valence-electron chi connectivity index (χ1n) is 11.8.